The largest absolute Gasteiger partial charge is 0.492 e. The lowest BCUT2D eigenvalue weighted by Gasteiger charge is -2.22. The molecule has 0 heterocycles. The highest BCUT2D eigenvalue weighted by molar-refractivity contribution is 5.72. The lowest BCUT2D eigenvalue weighted by Crippen LogP contribution is -2.38. The van der Waals surface area contributed by atoms with Gasteiger partial charge in [0, 0.05) is 25.1 Å². The number of benzene rings is 2. The van der Waals surface area contributed by atoms with Gasteiger partial charge in [-0.3, -0.25) is 10.1 Å². The van der Waals surface area contributed by atoms with Crippen LogP contribution < -0.4 is 9.47 Å². The molecule has 0 aromatic heterocycles. The number of carboxylic acids is 1. The Morgan fingerprint density at radius 2 is 1.86 bits per heavy atom. The summed E-state index contributed by atoms with van der Waals surface area (Å²) in [6.45, 7) is 4.74. The Hall–Kier alpha value is -3.66. The number of hydrogen-bond acceptors (Lipinski definition) is 7. The summed E-state index contributed by atoms with van der Waals surface area (Å²) in [5, 5.41) is 20.4. The highest BCUT2D eigenvalue weighted by atomic mass is 16.6. The molecule has 3 rings (SSSR count). The van der Waals surface area contributed by atoms with Crippen LogP contribution in [-0.2, 0) is 16.0 Å². The molecule has 2 aromatic carbocycles. The summed E-state index contributed by atoms with van der Waals surface area (Å²) in [5.41, 5.74) is 1.19. The third-order valence-electron chi connectivity index (χ3n) is 5.63. The van der Waals surface area contributed by atoms with Gasteiger partial charge < -0.3 is 24.2 Å². The molecule has 0 bridgehead atoms. The topological polar surface area (TPSA) is 128 Å². The van der Waals surface area contributed by atoms with Crippen LogP contribution >= 0.6 is 0 Å². The van der Waals surface area contributed by atoms with Crippen LogP contribution in [0.2, 0.25) is 0 Å². The van der Waals surface area contributed by atoms with Crippen molar-refractivity contribution in [1.82, 2.24) is 4.90 Å². The van der Waals surface area contributed by atoms with E-state index in [0.29, 0.717) is 30.4 Å². The molecule has 0 aliphatic heterocycles. The molecule has 10 heteroatoms. The van der Waals surface area contributed by atoms with E-state index in [0.717, 1.165) is 18.4 Å². The zero-order chi connectivity index (χ0) is 25.4. The van der Waals surface area contributed by atoms with Gasteiger partial charge in [-0.15, -0.1) is 0 Å². The van der Waals surface area contributed by atoms with Crippen molar-refractivity contribution in [2.75, 3.05) is 26.3 Å². The van der Waals surface area contributed by atoms with Gasteiger partial charge in [-0.1, -0.05) is 12.1 Å². The number of rotatable bonds is 13. The number of amides is 1. The maximum Gasteiger partial charge on any atom is 0.415 e. The van der Waals surface area contributed by atoms with Gasteiger partial charge in [0.05, 0.1) is 17.5 Å². The molecule has 1 saturated carbocycles. The summed E-state index contributed by atoms with van der Waals surface area (Å²) in [5.74, 6) is 0.124. The smallest absolute Gasteiger partial charge is 0.415 e. The van der Waals surface area contributed by atoms with E-state index in [2.05, 4.69) is 0 Å². The Morgan fingerprint density at radius 3 is 2.46 bits per heavy atom. The SMILES string of the molecule is CCOC(Cc1ccc(OCCN(CC2CC2)C(=O)Oc2ccc(C)c([N+](=O)[O-])c2)cc1)C(=O)O. The fraction of sp³-hybridized carbons (Fsp3) is 0.440. The normalized spacial score (nSPS) is 13.7. The van der Waals surface area contributed by atoms with Gasteiger partial charge in [-0.2, -0.15) is 0 Å². The second-order valence-corrected chi connectivity index (χ2v) is 8.44. The first-order valence-electron chi connectivity index (χ1n) is 11.5. The minimum absolute atomic E-state index is 0.105. The number of aryl methyl sites for hydroxylation is 1. The number of nitro groups is 1. The second-order valence-electron chi connectivity index (χ2n) is 8.44. The number of nitrogens with zero attached hydrogens (tertiary/aromatic N) is 2. The first-order chi connectivity index (χ1) is 16.8. The number of carbonyl (C=O) groups is 2. The van der Waals surface area contributed by atoms with Crippen LogP contribution in [0, 0.1) is 23.0 Å². The number of carboxylic acid groups (broad SMARTS) is 1. The van der Waals surface area contributed by atoms with E-state index < -0.39 is 23.1 Å². The molecule has 0 saturated heterocycles. The summed E-state index contributed by atoms with van der Waals surface area (Å²) in [4.78, 5) is 36.2. The molecule has 1 aliphatic rings. The molecule has 1 atom stereocenters. The van der Waals surface area contributed by atoms with Gasteiger partial charge in [0.2, 0.25) is 0 Å². The molecule has 10 nitrogen and oxygen atoms in total. The van der Waals surface area contributed by atoms with Crippen LogP contribution in [0.1, 0.15) is 30.9 Å². The summed E-state index contributed by atoms with van der Waals surface area (Å²) in [6, 6.07) is 11.4. The van der Waals surface area contributed by atoms with Gasteiger partial charge in [0.1, 0.15) is 18.1 Å². The van der Waals surface area contributed by atoms with Crippen LogP contribution in [0.3, 0.4) is 0 Å². The molecule has 188 valence electrons. The van der Waals surface area contributed by atoms with Gasteiger partial charge in [-0.25, -0.2) is 9.59 Å². The molecule has 0 spiro atoms. The number of hydrogen-bond donors (Lipinski definition) is 1. The monoisotopic (exact) mass is 486 g/mol. The minimum Gasteiger partial charge on any atom is -0.492 e. The molecule has 1 N–H and O–H groups in total. The predicted octanol–water partition coefficient (Wildman–Crippen LogP) is 4.23. The number of aliphatic carboxylic acids is 1. The van der Waals surface area contributed by atoms with Crippen LogP contribution in [0.5, 0.6) is 11.5 Å². The summed E-state index contributed by atoms with van der Waals surface area (Å²) in [6.07, 6.45) is 0.859. The third-order valence-corrected chi connectivity index (χ3v) is 5.63. The van der Waals surface area contributed by atoms with Crippen molar-refractivity contribution in [2.24, 2.45) is 5.92 Å². The zero-order valence-corrected chi connectivity index (χ0v) is 19.8. The maximum absolute atomic E-state index is 12.8. The van der Waals surface area contributed by atoms with Crippen molar-refractivity contribution in [3.8, 4) is 11.5 Å². The maximum atomic E-state index is 12.8. The van der Waals surface area contributed by atoms with Crippen molar-refractivity contribution in [2.45, 2.75) is 39.2 Å². The van der Waals surface area contributed by atoms with Crippen molar-refractivity contribution >= 4 is 17.7 Å². The standard InChI is InChI=1S/C25H30N2O8/c1-3-33-23(24(28)29)14-18-7-10-20(11-8-18)34-13-12-26(16-19-5-6-19)25(30)35-21-9-4-17(2)22(15-21)27(31)32/h4,7-11,15,19,23H,3,5-6,12-14,16H2,1-2H3,(H,28,29). The van der Waals surface area contributed by atoms with Gasteiger partial charge in [0.15, 0.2) is 6.10 Å². The Bertz CT molecular complexity index is 1040. The minimum atomic E-state index is -1.00. The molecule has 1 unspecified atom stereocenters. The van der Waals surface area contributed by atoms with Crippen molar-refractivity contribution in [1.29, 1.82) is 0 Å². The molecule has 1 amide bonds. The van der Waals surface area contributed by atoms with Crippen LogP contribution in [-0.4, -0.2) is 59.4 Å². The summed E-state index contributed by atoms with van der Waals surface area (Å²) >= 11 is 0. The van der Waals surface area contributed by atoms with E-state index in [1.165, 1.54) is 12.1 Å². The van der Waals surface area contributed by atoms with Crippen LogP contribution in [0.25, 0.3) is 0 Å². The van der Waals surface area contributed by atoms with E-state index in [-0.39, 0.29) is 31.0 Å². The van der Waals surface area contributed by atoms with Crippen molar-refractivity contribution in [3.05, 3.63) is 63.7 Å². The Labute approximate surface area is 203 Å². The molecule has 0 radical (unpaired) electrons. The Kier molecular flexibility index (Phi) is 9.02. The van der Waals surface area contributed by atoms with E-state index >= 15 is 0 Å². The lowest BCUT2D eigenvalue weighted by molar-refractivity contribution is -0.385. The van der Waals surface area contributed by atoms with Crippen LogP contribution in [0.4, 0.5) is 10.5 Å². The van der Waals surface area contributed by atoms with E-state index in [9.17, 15) is 24.8 Å². The molecule has 1 fully saturated rings. The highest BCUT2D eigenvalue weighted by Crippen LogP contribution is 2.30. The van der Waals surface area contributed by atoms with Gasteiger partial charge in [0.25, 0.3) is 5.69 Å². The van der Waals surface area contributed by atoms with Gasteiger partial charge in [-0.05, 0) is 62.4 Å². The number of carbonyl (C=O) groups excluding carboxylic acids is 1. The van der Waals surface area contributed by atoms with Crippen molar-refractivity contribution < 1.29 is 33.8 Å². The highest BCUT2D eigenvalue weighted by Gasteiger charge is 2.28. The van der Waals surface area contributed by atoms with E-state index in [4.69, 9.17) is 14.2 Å². The molecule has 35 heavy (non-hydrogen) atoms. The Balaban J connectivity index is 1.55. The predicted molar refractivity (Wildman–Crippen MR) is 127 cm³/mol. The zero-order valence-electron chi connectivity index (χ0n) is 19.8. The van der Waals surface area contributed by atoms with E-state index in [1.54, 1.807) is 49.1 Å². The molecule has 1 aliphatic carbocycles. The van der Waals surface area contributed by atoms with E-state index in [1.807, 2.05) is 0 Å². The Morgan fingerprint density at radius 1 is 1.17 bits per heavy atom. The molecular formula is C25H30N2O8. The molecule has 2 aromatic rings. The third kappa shape index (κ3) is 7.96. The van der Waals surface area contributed by atoms with Crippen LogP contribution in [0.15, 0.2) is 42.5 Å². The first-order valence-corrected chi connectivity index (χ1v) is 11.5. The fourth-order valence-electron chi connectivity index (χ4n) is 3.51. The quantitative estimate of drug-likeness (QED) is 0.329. The molecular weight excluding hydrogens is 456 g/mol. The fourth-order valence-corrected chi connectivity index (χ4v) is 3.51. The number of nitro benzene ring substituents is 1. The average Bonchev–Trinajstić information content (AvgIpc) is 3.64. The lowest BCUT2D eigenvalue weighted by atomic mass is 10.1. The number of ether oxygens (including phenoxy) is 3. The average molecular weight is 487 g/mol. The first kappa shape index (κ1) is 26.0. The summed E-state index contributed by atoms with van der Waals surface area (Å²) in [7, 11) is 0. The van der Waals surface area contributed by atoms with Gasteiger partial charge >= 0.3 is 12.1 Å². The van der Waals surface area contributed by atoms with Crippen molar-refractivity contribution in [3.63, 3.8) is 0 Å². The second kappa shape index (κ2) is 12.2. The summed E-state index contributed by atoms with van der Waals surface area (Å²) < 4.78 is 16.4.